The van der Waals surface area contributed by atoms with E-state index in [-0.39, 0.29) is 0 Å². The highest BCUT2D eigenvalue weighted by Gasteiger charge is 2.28. The SMILES string of the molecule is CN1CCSCC1(C)O. The molecule has 1 atom stereocenters. The molecule has 0 amide bonds. The Hall–Kier alpha value is 0.270. The molecule has 0 saturated carbocycles. The van der Waals surface area contributed by atoms with Gasteiger partial charge in [0.05, 0.1) is 0 Å². The maximum absolute atomic E-state index is 9.55. The number of nitrogens with zero attached hydrogens (tertiary/aromatic N) is 1. The van der Waals surface area contributed by atoms with Gasteiger partial charge in [-0.15, -0.1) is 0 Å². The van der Waals surface area contributed by atoms with E-state index in [2.05, 4.69) is 0 Å². The number of thioether (sulfide) groups is 1. The van der Waals surface area contributed by atoms with E-state index in [1.807, 2.05) is 30.6 Å². The summed E-state index contributed by atoms with van der Waals surface area (Å²) < 4.78 is 0. The average Bonchev–Trinajstić information content (AvgIpc) is 1.77. The molecule has 0 aliphatic carbocycles. The van der Waals surface area contributed by atoms with Crippen LogP contribution in [-0.4, -0.2) is 40.8 Å². The largest absolute Gasteiger partial charge is 0.375 e. The molecule has 1 fully saturated rings. The molecule has 2 nitrogen and oxygen atoms in total. The number of hydrogen-bond donors (Lipinski definition) is 1. The quantitative estimate of drug-likeness (QED) is 0.535. The molecule has 1 unspecified atom stereocenters. The highest BCUT2D eigenvalue weighted by Crippen LogP contribution is 2.21. The van der Waals surface area contributed by atoms with Crippen LogP contribution in [0.5, 0.6) is 0 Å². The van der Waals surface area contributed by atoms with Crippen molar-refractivity contribution < 1.29 is 5.11 Å². The van der Waals surface area contributed by atoms with Crippen LogP contribution >= 0.6 is 11.8 Å². The van der Waals surface area contributed by atoms with Gasteiger partial charge in [0.15, 0.2) is 0 Å². The van der Waals surface area contributed by atoms with Crippen molar-refractivity contribution in [3.8, 4) is 0 Å². The van der Waals surface area contributed by atoms with E-state index in [0.717, 1.165) is 18.1 Å². The van der Waals surface area contributed by atoms with Crippen LogP contribution in [0.3, 0.4) is 0 Å². The molecule has 0 aromatic carbocycles. The van der Waals surface area contributed by atoms with Crippen molar-refractivity contribution >= 4 is 11.8 Å². The van der Waals surface area contributed by atoms with Crippen molar-refractivity contribution in [1.82, 2.24) is 4.90 Å². The highest BCUT2D eigenvalue weighted by molar-refractivity contribution is 7.99. The lowest BCUT2D eigenvalue weighted by Gasteiger charge is -2.37. The molecule has 0 aromatic heterocycles. The summed E-state index contributed by atoms with van der Waals surface area (Å²) in [7, 11) is 1.96. The molecule has 1 saturated heterocycles. The summed E-state index contributed by atoms with van der Waals surface area (Å²) in [5, 5.41) is 9.55. The van der Waals surface area contributed by atoms with Crippen molar-refractivity contribution in [2.75, 3.05) is 25.1 Å². The molecular weight excluding hydrogens is 134 g/mol. The van der Waals surface area contributed by atoms with E-state index in [1.165, 1.54) is 0 Å². The third kappa shape index (κ3) is 1.60. The Kier molecular flexibility index (Phi) is 2.03. The summed E-state index contributed by atoms with van der Waals surface area (Å²) in [4.78, 5) is 1.99. The smallest absolute Gasteiger partial charge is 0.124 e. The third-order valence-electron chi connectivity index (χ3n) is 1.77. The van der Waals surface area contributed by atoms with Crippen LogP contribution in [0.1, 0.15) is 6.92 Å². The van der Waals surface area contributed by atoms with E-state index in [1.54, 1.807) is 0 Å². The van der Waals surface area contributed by atoms with E-state index in [4.69, 9.17) is 0 Å². The molecular formula is C6H13NOS. The van der Waals surface area contributed by atoms with Crippen molar-refractivity contribution in [3.05, 3.63) is 0 Å². The fourth-order valence-electron chi connectivity index (χ4n) is 0.818. The van der Waals surface area contributed by atoms with Crippen LogP contribution in [0.15, 0.2) is 0 Å². The summed E-state index contributed by atoms with van der Waals surface area (Å²) in [5.74, 6) is 1.98. The van der Waals surface area contributed by atoms with Gasteiger partial charge in [0.25, 0.3) is 0 Å². The van der Waals surface area contributed by atoms with Crippen LogP contribution in [0, 0.1) is 0 Å². The average molecular weight is 147 g/mol. The molecule has 3 heteroatoms. The summed E-state index contributed by atoms with van der Waals surface area (Å²) in [6.45, 7) is 2.86. The maximum Gasteiger partial charge on any atom is 0.124 e. The number of hydrogen-bond acceptors (Lipinski definition) is 3. The Morgan fingerprint density at radius 2 is 2.33 bits per heavy atom. The molecule has 1 rings (SSSR count). The zero-order valence-electron chi connectivity index (χ0n) is 5.92. The van der Waals surface area contributed by atoms with Gasteiger partial charge in [0.1, 0.15) is 5.72 Å². The zero-order valence-corrected chi connectivity index (χ0v) is 6.74. The standard InChI is InChI=1S/C6H13NOS/c1-6(8)5-9-4-3-7(6)2/h8H,3-5H2,1-2H3. The first-order chi connectivity index (χ1) is 4.13. The highest BCUT2D eigenvalue weighted by atomic mass is 32.2. The third-order valence-corrected chi connectivity index (χ3v) is 2.99. The lowest BCUT2D eigenvalue weighted by atomic mass is 10.2. The monoisotopic (exact) mass is 147 g/mol. The summed E-state index contributed by atoms with van der Waals surface area (Å²) >= 11 is 1.81. The topological polar surface area (TPSA) is 23.5 Å². The second kappa shape index (κ2) is 2.48. The second-order valence-corrected chi connectivity index (χ2v) is 3.80. The fraction of sp³-hybridized carbons (Fsp3) is 1.00. The van der Waals surface area contributed by atoms with E-state index >= 15 is 0 Å². The minimum atomic E-state index is -0.567. The minimum absolute atomic E-state index is 0.567. The predicted molar refractivity (Wildman–Crippen MR) is 40.6 cm³/mol. The van der Waals surface area contributed by atoms with Gasteiger partial charge >= 0.3 is 0 Å². The van der Waals surface area contributed by atoms with Gasteiger partial charge < -0.3 is 5.11 Å². The molecule has 0 spiro atoms. The van der Waals surface area contributed by atoms with E-state index < -0.39 is 5.72 Å². The van der Waals surface area contributed by atoms with Gasteiger partial charge in [0.2, 0.25) is 0 Å². The van der Waals surface area contributed by atoms with Crippen LogP contribution < -0.4 is 0 Å². The summed E-state index contributed by atoms with van der Waals surface area (Å²) in [5.41, 5.74) is -0.567. The molecule has 0 radical (unpaired) electrons. The van der Waals surface area contributed by atoms with Crippen molar-refractivity contribution in [2.45, 2.75) is 12.6 Å². The van der Waals surface area contributed by atoms with E-state index in [9.17, 15) is 5.11 Å². The van der Waals surface area contributed by atoms with E-state index in [0.29, 0.717) is 0 Å². The molecule has 1 N–H and O–H groups in total. The summed E-state index contributed by atoms with van der Waals surface area (Å²) in [6, 6.07) is 0. The Morgan fingerprint density at radius 1 is 1.67 bits per heavy atom. The first kappa shape index (κ1) is 7.38. The minimum Gasteiger partial charge on any atom is -0.375 e. The Labute approximate surface area is 60.2 Å². The Bertz CT molecular complexity index is 105. The number of aliphatic hydroxyl groups is 1. The number of rotatable bonds is 0. The summed E-state index contributed by atoms with van der Waals surface area (Å²) in [6.07, 6.45) is 0. The molecule has 0 bridgehead atoms. The lowest BCUT2D eigenvalue weighted by Crippen LogP contribution is -2.49. The van der Waals surface area contributed by atoms with Gasteiger partial charge in [-0.25, -0.2) is 0 Å². The lowest BCUT2D eigenvalue weighted by molar-refractivity contribution is -0.0587. The Balaban J connectivity index is 2.49. The normalized spacial score (nSPS) is 39.0. The molecule has 0 aromatic rings. The Morgan fingerprint density at radius 3 is 2.67 bits per heavy atom. The van der Waals surface area contributed by atoms with Gasteiger partial charge in [0, 0.05) is 18.1 Å². The van der Waals surface area contributed by atoms with Gasteiger partial charge in [-0.3, -0.25) is 4.90 Å². The first-order valence-corrected chi connectivity index (χ1v) is 4.30. The molecule has 1 heterocycles. The second-order valence-electron chi connectivity index (χ2n) is 2.69. The molecule has 54 valence electrons. The first-order valence-electron chi connectivity index (χ1n) is 3.14. The van der Waals surface area contributed by atoms with Crippen molar-refractivity contribution in [2.24, 2.45) is 0 Å². The van der Waals surface area contributed by atoms with Crippen LogP contribution in [0.2, 0.25) is 0 Å². The molecule has 1 aliphatic rings. The van der Waals surface area contributed by atoms with Gasteiger partial charge in [-0.05, 0) is 14.0 Å². The van der Waals surface area contributed by atoms with Crippen LogP contribution in [0.25, 0.3) is 0 Å². The van der Waals surface area contributed by atoms with Crippen LogP contribution in [-0.2, 0) is 0 Å². The van der Waals surface area contributed by atoms with Crippen LogP contribution in [0.4, 0.5) is 0 Å². The van der Waals surface area contributed by atoms with Gasteiger partial charge in [-0.2, -0.15) is 11.8 Å². The maximum atomic E-state index is 9.55. The fourth-order valence-corrected chi connectivity index (χ4v) is 1.97. The predicted octanol–water partition coefficient (Wildman–Crippen LogP) is 0.373. The molecule has 1 aliphatic heterocycles. The zero-order chi connectivity index (χ0) is 6.91. The molecule has 9 heavy (non-hydrogen) atoms. The van der Waals surface area contributed by atoms with Crippen molar-refractivity contribution in [3.63, 3.8) is 0 Å². The van der Waals surface area contributed by atoms with Crippen molar-refractivity contribution in [1.29, 1.82) is 0 Å². The van der Waals surface area contributed by atoms with Gasteiger partial charge in [-0.1, -0.05) is 0 Å².